The molecule has 0 fully saturated rings. The Bertz CT molecular complexity index is 362. The number of rotatable bonds is 3. The van der Waals surface area contributed by atoms with Crippen LogP contribution in [0.1, 0.15) is 10.4 Å². The maximum Gasteiger partial charge on any atom is 0.337 e. The van der Waals surface area contributed by atoms with E-state index in [0.29, 0.717) is 16.4 Å². The highest BCUT2D eigenvalue weighted by molar-refractivity contribution is 7.80. The Morgan fingerprint density at radius 1 is 1.36 bits per heavy atom. The molecule has 0 spiro atoms. The molecule has 5 heteroatoms. The summed E-state index contributed by atoms with van der Waals surface area (Å²) in [6.45, 7) is 0. The van der Waals surface area contributed by atoms with Gasteiger partial charge in [-0.05, 0) is 6.07 Å². The molecule has 0 amide bonds. The third-order valence-electron chi connectivity index (χ3n) is 1.73. The second-order valence-corrected chi connectivity index (χ2v) is 2.98. The topological polar surface area (TPSA) is 55.8 Å². The molecule has 76 valence electrons. The van der Waals surface area contributed by atoms with E-state index in [1.54, 1.807) is 6.07 Å². The minimum Gasteiger partial charge on any atom is -0.497 e. The van der Waals surface area contributed by atoms with E-state index < -0.39 is 5.97 Å². The van der Waals surface area contributed by atoms with E-state index in [-0.39, 0.29) is 5.56 Å². The van der Waals surface area contributed by atoms with Gasteiger partial charge in [0.05, 0.1) is 24.7 Å². The molecule has 1 aromatic rings. The Kier molecular flexibility index (Phi) is 3.24. The summed E-state index contributed by atoms with van der Waals surface area (Å²) < 4.78 is 9.88. The summed E-state index contributed by atoms with van der Waals surface area (Å²) in [6, 6.07) is 2.97. The maximum atomic E-state index is 10.8. The summed E-state index contributed by atoms with van der Waals surface area (Å²) >= 11 is 4.06. The van der Waals surface area contributed by atoms with E-state index in [4.69, 9.17) is 14.6 Å². The first kappa shape index (κ1) is 10.7. The minimum atomic E-state index is -1.06. The molecule has 14 heavy (non-hydrogen) atoms. The fraction of sp³-hybridized carbons (Fsp3) is 0.222. The number of hydrogen-bond acceptors (Lipinski definition) is 4. The molecule has 0 aliphatic heterocycles. The molecular weight excluding hydrogens is 204 g/mol. The first-order chi connectivity index (χ1) is 6.60. The zero-order chi connectivity index (χ0) is 10.7. The molecule has 1 aromatic carbocycles. The van der Waals surface area contributed by atoms with Gasteiger partial charge in [-0.3, -0.25) is 0 Å². The lowest BCUT2D eigenvalue weighted by atomic mass is 10.2. The van der Waals surface area contributed by atoms with Crippen molar-refractivity contribution in [1.82, 2.24) is 0 Å². The van der Waals surface area contributed by atoms with Crippen LogP contribution >= 0.6 is 12.6 Å². The van der Waals surface area contributed by atoms with Crippen molar-refractivity contribution in [3.63, 3.8) is 0 Å². The van der Waals surface area contributed by atoms with Crippen LogP contribution in [0.5, 0.6) is 11.5 Å². The van der Waals surface area contributed by atoms with Gasteiger partial charge in [-0.1, -0.05) is 0 Å². The van der Waals surface area contributed by atoms with Crippen molar-refractivity contribution >= 4 is 18.6 Å². The molecule has 0 saturated carbocycles. The average molecular weight is 214 g/mol. The molecule has 0 aliphatic carbocycles. The van der Waals surface area contributed by atoms with Crippen LogP contribution in [0.3, 0.4) is 0 Å². The second kappa shape index (κ2) is 4.23. The fourth-order valence-electron chi connectivity index (χ4n) is 1.02. The van der Waals surface area contributed by atoms with Gasteiger partial charge in [-0.25, -0.2) is 4.79 Å². The van der Waals surface area contributed by atoms with Crippen LogP contribution < -0.4 is 9.47 Å². The number of carbonyl (C=O) groups is 1. The highest BCUT2D eigenvalue weighted by Gasteiger charge is 2.14. The van der Waals surface area contributed by atoms with Crippen LogP contribution in [-0.4, -0.2) is 25.3 Å². The molecule has 0 heterocycles. The summed E-state index contributed by atoms with van der Waals surface area (Å²) in [5, 5.41) is 8.85. The zero-order valence-electron chi connectivity index (χ0n) is 7.77. The summed E-state index contributed by atoms with van der Waals surface area (Å²) in [6.07, 6.45) is 0. The highest BCUT2D eigenvalue weighted by atomic mass is 32.1. The lowest BCUT2D eigenvalue weighted by molar-refractivity contribution is 0.0692. The van der Waals surface area contributed by atoms with Crippen LogP contribution in [0.15, 0.2) is 17.0 Å². The highest BCUT2D eigenvalue weighted by Crippen LogP contribution is 2.31. The number of hydrogen-bond donors (Lipinski definition) is 2. The van der Waals surface area contributed by atoms with Crippen molar-refractivity contribution in [2.75, 3.05) is 14.2 Å². The molecule has 0 radical (unpaired) electrons. The van der Waals surface area contributed by atoms with E-state index in [1.807, 2.05) is 0 Å². The zero-order valence-corrected chi connectivity index (χ0v) is 8.67. The van der Waals surface area contributed by atoms with Crippen LogP contribution in [0, 0.1) is 0 Å². The predicted octanol–water partition coefficient (Wildman–Crippen LogP) is 1.69. The number of methoxy groups -OCH3 is 2. The van der Waals surface area contributed by atoms with Crippen molar-refractivity contribution in [2.45, 2.75) is 4.90 Å². The number of ether oxygens (including phenoxy) is 2. The maximum absolute atomic E-state index is 10.8. The molecule has 0 unspecified atom stereocenters. The van der Waals surface area contributed by atoms with E-state index >= 15 is 0 Å². The van der Waals surface area contributed by atoms with Gasteiger partial charge in [-0.2, -0.15) is 0 Å². The third-order valence-corrected chi connectivity index (χ3v) is 2.20. The van der Waals surface area contributed by atoms with Crippen molar-refractivity contribution in [1.29, 1.82) is 0 Å². The molecule has 0 saturated heterocycles. The predicted molar refractivity (Wildman–Crippen MR) is 53.8 cm³/mol. The van der Waals surface area contributed by atoms with Gasteiger partial charge in [0.2, 0.25) is 0 Å². The largest absolute Gasteiger partial charge is 0.497 e. The SMILES string of the molecule is COc1cc(OC)c(S)c(C(=O)O)c1. The molecule has 0 aromatic heterocycles. The number of carboxylic acids is 1. The summed E-state index contributed by atoms with van der Waals surface area (Å²) in [5.74, 6) is -0.255. The summed E-state index contributed by atoms with van der Waals surface area (Å²) in [7, 11) is 2.90. The Morgan fingerprint density at radius 3 is 2.43 bits per heavy atom. The molecule has 1 rings (SSSR count). The van der Waals surface area contributed by atoms with Gasteiger partial charge in [-0.15, -0.1) is 12.6 Å². The van der Waals surface area contributed by atoms with Crippen LogP contribution in [0.4, 0.5) is 0 Å². The molecule has 4 nitrogen and oxygen atoms in total. The molecule has 0 aliphatic rings. The van der Waals surface area contributed by atoms with E-state index in [2.05, 4.69) is 12.6 Å². The van der Waals surface area contributed by atoms with Gasteiger partial charge >= 0.3 is 5.97 Å². The Morgan fingerprint density at radius 2 is 2.00 bits per heavy atom. The normalized spacial score (nSPS) is 9.64. The quantitative estimate of drug-likeness (QED) is 0.752. The number of thiol groups is 1. The summed E-state index contributed by atoms with van der Waals surface area (Å²) in [5.41, 5.74) is 0.0598. The number of carboxylic acid groups (broad SMARTS) is 1. The monoisotopic (exact) mass is 214 g/mol. The summed E-state index contributed by atoms with van der Waals surface area (Å²) in [4.78, 5) is 11.1. The van der Waals surface area contributed by atoms with Gasteiger partial charge in [0, 0.05) is 6.07 Å². The number of benzene rings is 1. The molecular formula is C9H10O4S. The Labute approximate surface area is 86.9 Å². The van der Waals surface area contributed by atoms with Crippen molar-refractivity contribution < 1.29 is 19.4 Å². The number of aromatic carboxylic acids is 1. The van der Waals surface area contributed by atoms with Crippen molar-refractivity contribution in [3.05, 3.63) is 17.7 Å². The Balaban J connectivity index is 3.34. The standard InChI is InChI=1S/C9H10O4S/c1-12-5-3-6(9(10)11)8(14)7(4-5)13-2/h3-4,14H,1-2H3,(H,10,11). The van der Waals surface area contributed by atoms with E-state index in [1.165, 1.54) is 20.3 Å². The van der Waals surface area contributed by atoms with E-state index in [0.717, 1.165) is 0 Å². The first-order valence-corrected chi connectivity index (χ1v) is 4.23. The molecule has 1 N–H and O–H groups in total. The Hall–Kier alpha value is -1.36. The lowest BCUT2D eigenvalue weighted by Crippen LogP contribution is -2.00. The van der Waals surface area contributed by atoms with Crippen LogP contribution in [0.25, 0.3) is 0 Å². The first-order valence-electron chi connectivity index (χ1n) is 3.78. The van der Waals surface area contributed by atoms with Crippen LogP contribution in [0.2, 0.25) is 0 Å². The van der Waals surface area contributed by atoms with Crippen LogP contribution in [-0.2, 0) is 0 Å². The minimum absolute atomic E-state index is 0.0598. The van der Waals surface area contributed by atoms with E-state index in [9.17, 15) is 4.79 Å². The second-order valence-electron chi connectivity index (χ2n) is 2.53. The average Bonchev–Trinajstić information content (AvgIpc) is 2.17. The van der Waals surface area contributed by atoms with Crippen molar-refractivity contribution in [3.8, 4) is 11.5 Å². The van der Waals surface area contributed by atoms with Gasteiger partial charge < -0.3 is 14.6 Å². The molecule has 0 bridgehead atoms. The van der Waals surface area contributed by atoms with Crippen molar-refractivity contribution in [2.24, 2.45) is 0 Å². The molecule has 0 atom stereocenters. The van der Waals surface area contributed by atoms with Gasteiger partial charge in [0.1, 0.15) is 11.5 Å². The van der Waals surface area contributed by atoms with Gasteiger partial charge in [0.25, 0.3) is 0 Å². The third kappa shape index (κ3) is 1.93. The fourth-order valence-corrected chi connectivity index (χ4v) is 1.34. The lowest BCUT2D eigenvalue weighted by Gasteiger charge is -2.09. The van der Waals surface area contributed by atoms with Gasteiger partial charge in [0.15, 0.2) is 0 Å². The smallest absolute Gasteiger partial charge is 0.337 e.